The first-order valence-electron chi connectivity index (χ1n) is 9.20. The Bertz CT molecular complexity index is 793. The molecule has 0 saturated carbocycles. The van der Waals surface area contributed by atoms with Gasteiger partial charge in [0.25, 0.3) is 0 Å². The zero-order valence-corrected chi connectivity index (χ0v) is 15.2. The Balaban J connectivity index is 1.56. The van der Waals surface area contributed by atoms with E-state index in [0.717, 1.165) is 43.0 Å². The number of hydrogen-bond donors (Lipinski definition) is 0. The fourth-order valence-corrected chi connectivity index (χ4v) is 3.04. The number of rotatable bonds is 9. The molecule has 4 heteroatoms. The quantitative estimate of drug-likeness (QED) is 0.538. The highest BCUT2D eigenvalue weighted by Crippen LogP contribution is 2.17. The minimum atomic E-state index is 0.807. The summed E-state index contributed by atoms with van der Waals surface area (Å²) in [6.07, 6.45) is 8.29. The monoisotopic (exact) mass is 337 g/mol. The molecule has 0 saturated heterocycles. The van der Waals surface area contributed by atoms with Gasteiger partial charge in [0.15, 0.2) is 0 Å². The van der Waals surface area contributed by atoms with E-state index in [4.69, 9.17) is 4.74 Å². The number of benzene rings is 1. The zero-order chi connectivity index (χ0) is 17.5. The molecule has 0 aliphatic carbocycles. The average Bonchev–Trinajstić information content (AvgIpc) is 2.95. The van der Waals surface area contributed by atoms with E-state index in [1.54, 1.807) is 0 Å². The van der Waals surface area contributed by atoms with Gasteiger partial charge in [0.1, 0.15) is 11.3 Å². The van der Waals surface area contributed by atoms with Crippen LogP contribution in [0.4, 0.5) is 0 Å². The summed E-state index contributed by atoms with van der Waals surface area (Å²) in [7, 11) is 0. The zero-order valence-electron chi connectivity index (χ0n) is 15.2. The lowest BCUT2D eigenvalue weighted by Gasteiger charge is -2.09. The Labute approximate surface area is 149 Å². The normalized spacial score (nSPS) is 11.3. The molecule has 0 spiro atoms. The number of unbranched alkanes of at least 4 members (excludes halogenated alkanes) is 2. The Morgan fingerprint density at radius 2 is 1.80 bits per heavy atom. The van der Waals surface area contributed by atoms with Crippen LogP contribution < -0.4 is 0 Å². The third kappa shape index (κ3) is 4.67. The number of imidazole rings is 1. The molecule has 0 radical (unpaired) electrons. The fraction of sp³-hybridized carbons (Fsp3) is 0.429. The molecule has 0 unspecified atom stereocenters. The van der Waals surface area contributed by atoms with Crippen LogP contribution in [0.5, 0.6) is 0 Å². The fourth-order valence-electron chi connectivity index (χ4n) is 3.04. The standard InChI is InChI=1S/C21H27N3O/c1-3-4-5-13-25-14-11-18-6-8-19(9-7-18)16-24-17(2)23-20-15-22-12-10-21(20)24/h6-10,12,15H,3-5,11,13-14,16H2,1-2H3. The van der Waals surface area contributed by atoms with Crippen molar-refractivity contribution in [2.45, 2.75) is 46.1 Å². The Morgan fingerprint density at radius 1 is 1.00 bits per heavy atom. The van der Waals surface area contributed by atoms with Gasteiger partial charge < -0.3 is 9.30 Å². The van der Waals surface area contributed by atoms with E-state index in [2.05, 4.69) is 45.7 Å². The van der Waals surface area contributed by atoms with Crippen LogP contribution >= 0.6 is 0 Å². The maximum Gasteiger partial charge on any atom is 0.107 e. The Hall–Kier alpha value is -2.20. The van der Waals surface area contributed by atoms with E-state index in [1.165, 1.54) is 30.4 Å². The van der Waals surface area contributed by atoms with Crippen molar-refractivity contribution in [3.8, 4) is 0 Å². The molecular weight excluding hydrogens is 310 g/mol. The van der Waals surface area contributed by atoms with Gasteiger partial charge >= 0.3 is 0 Å². The molecule has 2 aromatic heterocycles. The van der Waals surface area contributed by atoms with Gasteiger partial charge in [0.2, 0.25) is 0 Å². The molecular formula is C21H27N3O. The SMILES string of the molecule is CCCCCOCCc1ccc(Cn2c(C)nc3cnccc32)cc1. The van der Waals surface area contributed by atoms with E-state index < -0.39 is 0 Å². The van der Waals surface area contributed by atoms with Crippen LogP contribution in [0, 0.1) is 6.92 Å². The Morgan fingerprint density at radius 3 is 2.60 bits per heavy atom. The minimum absolute atomic E-state index is 0.807. The molecule has 3 rings (SSSR count). The van der Waals surface area contributed by atoms with Gasteiger partial charge in [0.05, 0.1) is 18.3 Å². The number of hydrogen-bond acceptors (Lipinski definition) is 3. The predicted molar refractivity (Wildman–Crippen MR) is 102 cm³/mol. The van der Waals surface area contributed by atoms with Gasteiger partial charge in [-0.25, -0.2) is 4.98 Å². The second-order valence-electron chi connectivity index (χ2n) is 6.50. The van der Waals surface area contributed by atoms with Gasteiger partial charge in [-0.05, 0) is 37.0 Å². The van der Waals surface area contributed by atoms with Crippen LogP contribution in [0.2, 0.25) is 0 Å². The van der Waals surface area contributed by atoms with E-state index in [1.807, 2.05) is 25.4 Å². The second-order valence-corrected chi connectivity index (χ2v) is 6.50. The third-order valence-electron chi connectivity index (χ3n) is 4.53. The number of nitrogens with zero attached hydrogens (tertiary/aromatic N) is 3. The molecule has 2 heterocycles. The number of pyridine rings is 1. The first kappa shape index (κ1) is 17.6. The largest absolute Gasteiger partial charge is 0.381 e. The number of aromatic nitrogens is 3. The van der Waals surface area contributed by atoms with Gasteiger partial charge in [0, 0.05) is 19.3 Å². The summed E-state index contributed by atoms with van der Waals surface area (Å²) >= 11 is 0. The first-order chi connectivity index (χ1) is 12.3. The van der Waals surface area contributed by atoms with Crippen LogP contribution in [-0.2, 0) is 17.7 Å². The topological polar surface area (TPSA) is 39.9 Å². The molecule has 4 nitrogen and oxygen atoms in total. The highest BCUT2D eigenvalue weighted by Gasteiger charge is 2.07. The van der Waals surface area contributed by atoms with Gasteiger partial charge in [-0.3, -0.25) is 4.98 Å². The van der Waals surface area contributed by atoms with Gasteiger partial charge in [-0.15, -0.1) is 0 Å². The molecule has 0 fully saturated rings. The number of fused-ring (bicyclic) bond motifs is 1. The lowest BCUT2D eigenvalue weighted by atomic mass is 10.1. The smallest absolute Gasteiger partial charge is 0.107 e. The van der Waals surface area contributed by atoms with Crippen molar-refractivity contribution in [2.24, 2.45) is 0 Å². The van der Waals surface area contributed by atoms with E-state index in [0.29, 0.717) is 0 Å². The van der Waals surface area contributed by atoms with Gasteiger partial charge in [-0.1, -0.05) is 44.0 Å². The van der Waals surface area contributed by atoms with E-state index in [-0.39, 0.29) is 0 Å². The van der Waals surface area contributed by atoms with Gasteiger partial charge in [-0.2, -0.15) is 0 Å². The summed E-state index contributed by atoms with van der Waals surface area (Å²) in [5.74, 6) is 1.02. The van der Waals surface area contributed by atoms with Crippen molar-refractivity contribution in [1.82, 2.24) is 14.5 Å². The van der Waals surface area contributed by atoms with Crippen LogP contribution in [0.25, 0.3) is 11.0 Å². The van der Waals surface area contributed by atoms with Crippen LogP contribution in [-0.4, -0.2) is 27.7 Å². The minimum Gasteiger partial charge on any atom is -0.381 e. The number of ether oxygens (including phenoxy) is 1. The predicted octanol–water partition coefficient (Wildman–Crippen LogP) is 4.54. The molecule has 0 aliphatic heterocycles. The summed E-state index contributed by atoms with van der Waals surface area (Å²) < 4.78 is 7.94. The van der Waals surface area contributed by atoms with Crippen LogP contribution in [0.1, 0.15) is 43.1 Å². The third-order valence-corrected chi connectivity index (χ3v) is 4.53. The molecule has 0 N–H and O–H groups in total. The molecule has 0 bridgehead atoms. The lowest BCUT2D eigenvalue weighted by molar-refractivity contribution is 0.133. The molecule has 0 aliphatic rings. The molecule has 132 valence electrons. The maximum absolute atomic E-state index is 5.70. The second kappa shape index (κ2) is 8.77. The molecule has 3 aromatic rings. The van der Waals surface area contributed by atoms with Crippen LogP contribution in [0.15, 0.2) is 42.7 Å². The molecule has 25 heavy (non-hydrogen) atoms. The number of aryl methyl sites for hydroxylation is 1. The highest BCUT2D eigenvalue weighted by atomic mass is 16.5. The van der Waals surface area contributed by atoms with E-state index >= 15 is 0 Å². The average molecular weight is 337 g/mol. The van der Waals surface area contributed by atoms with Crippen molar-refractivity contribution in [3.63, 3.8) is 0 Å². The highest BCUT2D eigenvalue weighted by molar-refractivity contribution is 5.74. The van der Waals surface area contributed by atoms with Crippen molar-refractivity contribution in [2.75, 3.05) is 13.2 Å². The van der Waals surface area contributed by atoms with Crippen LogP contribution in [0.3, 0.4) is 0 Å². The summed E-state index contributed by atoms with van der Waals surface area (Å²) in [6.45, 7) is 6.78. The summed E-state index contributed by atoms with van der Waals surface area (Å²) in [5.41, 5.74) is 4.70. The summed E-state index contributed by atoms with van der Waals surface area (Å²) in [4.78, 5) is 8.73. The molecule has 1 aromatic carbocycles. The summed E-state index contributed by atoms with van der Waals surface area (Å²) in [6, 6.07) is 10.9. The van der Waals surface area contributed by atoms with E-state index in [9.17, 15) is 0 Å². The van der Waals surface area contributed by atoms with Crippen molar-refractivity contribution < 1.29 is 4.74 Å². The summed E-state index contributed by atoms with van der Waals surface area (Å²) in [5, 5.41) is 0. The molecule has 0 atom stereocenters. The van der Waals surface area contributed by atoms with Crippen molar-refractivity contribution in [1.29, 1.82) is 0 Å². The maximum atomic E-state index is 5.70. The lowest BCUT2D eigenvalue weighted by Crippen LogP contribution is -2.03. The van der Waals surface area contributed by atoms with Crippen molar-refractivity contribution >= 4 is 11.0 Å². The molecule has 0 amide bonds. The first-order valence-corrected chi connectivity index (χ1v) is 9.20. The Kier molecular flexibility index (Phi) is 6.18. The van der Waals surface area contributed by atoms with Crippen molar-refractivity contribution in [3.05, 3.63) is 59.7 Å².